The number of hydrogen-bond donors (Lipinski definition) is 8. The number of rotatable bonds is 11. The molecule has 0 aliphatic carbocycles. The van der Waals surface area contributed by atoms with Gasteiger partial charge in [0.15, 0.2) is 23.9 Å². The summed E-state index contributed by atoms with van der Waals surface area (Å²) in [7, 11) is -10.7. The Morgan fingerprint density at radius 3 is 2.13 bits per heavy atom. The van der Waals surface area contributed by atoms with E-state index in [-0.39, 0.29) is 29.0 Å². The minimum atomic E-state index is -5.37. The maximum Gasteiger partial charge on any atom is 0.481 e. The minimum absolute atomic E-state index is 0.0517. The van der Waals surface area contributed by atoms with Crippen molar-refractivity contribution in [3.8, 4) is 0 Å². The van der Waals surface area contributed by atoms with Crippen LogP contribution in [0.4, 0.5) is 5.82 Å². The van der Waals surface area contributed by atoms with E-state index in [1.807, 2.05) is 0 Å². The number of allylic oxidation sites excluding steroid dienone is 1. The van der Waals surface area contributed by atoms with E-state index in [1.165, 1.54) is 35.1 Å². The van der Waals surface area contributed by atoms with E-state index in [0.717, 1.165) is 12.6 Å². The van der Waals surface area contributed by atoms with Crippen LogP contribution in [0, 0.1) is 0 Å². The van der Waals surface area contributed by atoms with Gasteiger partial charge in [-0.1, -0.05) is 6.08 Å². The van der Waals surface area contributed by atoms with Crippen molar-refractivity contribution < 1.29 is 71.8 Å². The number of nitrogens with zero attached hydrogens (tertiary/aromatic N) is 5. The number of anilines is 1. The Kier molecular flexibility index (Phi) is 11.6. The van der Waals surface area contributed by atoms with Crippen LogP contribution in [0.5, 0.6) is 0 Å². The lowest BCUT2D eigenvalue weighted by atomic mass is 10.1. The normalized spacial score (nSPS) is 31.5. The number of carbonyl (C=O) groups excluding carboxylic acids is 2. The van der Waals surface area contributed by atoms with Gasteiger partial charge in [0.05, 0.1) is 19.5 Å². The first-order valence-electron chi connectivity index (χ1n) is 13.6. The quantitative estimate of drug-likeness (QED) is 0.0884. The SMILES string of the molecule is CC=O.NC(=O)C1=CN([C@@H]2O[C@H](COP(=O)(O)OP(=O)(O)OC[C@H]3O[C@@H](n4cnc5c(N)ncnc54)[C@H](O)[C@@H]3O)[C@@H](O)[C@H]2O)C=CC1. The zero-order valence-electron chi connectivity index (χ0n) is 24.3. The molecule has 5 rings (SSSR count). The third kappa shape index (κ3) is 8.45. The predicted octanol–water partition coefficient (Wildman–Crippen LogP) is -2.48. The number of nitrogen functional groups attached to an aromatic ring is 1. The molecule has 3 aliphatic heterocycles. The molecule has 0 spiro atoms. The average Bonchev–Trinajstić information content (AvgIpc) is 3.65. The number of aldehydes is 1. The smallest absolute Gasteiger partial charge is 0.387 e. The van der Waals surface area contributed by atoms with Crippen LogP contribution >= 0.6 is 15.6 Å². The highest BCUT2D eigenvalue weighted by Gasteiger charge is 2.48. The minimum Gasteiger partial charge on any atom is -0.387 e. The summed E-state index contributed by atoms with van der Waals surface area (Å²) in [6, 6.07) is 0. The first kappa shape index (κ1) is 36.6. The molecule has 1 amide bonds. The standard InChI is InChI=1S/C21H29N7O14P2.C2H4O/c22-17-12-19(25-7-24-17)28(8-26-12)21-16(32)14(30)11(41-21)6-39-44(36,37)42-43(34,35)38-5-10-13(29)15(31)20(40-10)27-3-1-2-9(4-27)18(23)33;1-2-3/h1,3-4,7-8,10-11,13-16,20-21,29-32H,2,5-6H2,(H2,23,33)(H,34,35)(H,36,37)(H2,22,24,25);2H,1H3/t10-,11-,13-,14-,15-,16-,20-,21-;/m1./s1. The molecule has 3 aliphatic rings. The molecule has 2 unspecified atom stereocenters. The molecule has 5 heterocycles. The highest BCUT2D eigenvalue weighted by molar-refractivity contribution is 7.61. The van der Waals surface area contributed by atoms with Gasteiger partial charge < -0.3 is 60.8 Å². The Morgan fingerprint density at radius 2 is 1.55 bits per heavy atom. The van der Waals surface area contributed by atoms with Gasteiger partial charge in [-0.3, -0.25) is 18.4 Å². The van der Waals surface area contributed by atoms with Gasteiger partial charge in [-0.25, -0.2) is 24.1 Å². The summed E-state index contributed by atoms with van der Waals surface area (Å²) in [4.78, 5) is 53.4. The van der Waals surface area contributed by atoms with Crippen molar-refractivity contribution in [2.45, 2.75) is 62.4 Å². The Balaban J connectivity index is 0.00000160. The maximum absolute atomic E-state index is 12.4. The average molecular weight is 709 g/mol. The third-order valence-corrected chi connectivity index (χ3v) is 9.48. The zero-order valence-corrected chi connectivity index (χ0v) is 26.1. The molecule has 2 aromatic rings. The molecule has 10 atom stereocenters. The highest BCUT2D eigenvalue weighted by atomic mass is 31.3. The number of primary amides is 1. The van der Waals surface area contributed by atoms with E-state index in [2.05, 4.69) is 19.3 Å². The fourth-order valence-corrected chi connectivity index (χ4v) is 6.77. The van der Waals surface area contributed by atoms with Crippen molar-refractivity contribution in [3.63, 3.8) is 0 Å². The van der Waals surface area contributed by atoms with Crippen LogP contribution in [0.15, 0.2) is 36.7 Å². The number of amides is 1. The van der Waals surface area contributed by atoms with Crippen LogP contribution in [0.2, 0.25) is 0 Å². The maximum atomic E-state index is 12.4. The number of aliphatic hydroxyl groups is 4. The van der Waals surface area contributed by atoms with E-state index in [9.17, 15) is 44.1 Å². The van der Waals surface area contributed by atoms with Gasteiger partial charge >= 0.3 is 15.6 Å². The van der Waals surface area contributed by atoms with Crippen LogP contribution in [-0.2, 0) is 41.6 Å². The number of phosphoric acid groups is 2. The van der Waals surface area contributed by atoms with Crippen LogP contribution in [-0.4, -0.2) is 123 Å². The van der Waals surface area contributed by atoms with Crippen molar-refractivity contribution >= 4 is 44.8 Å². The second-order valence-electron chi connectivity index (χ2n) is 10.1. The molecule has 2 saturated heterocycles. The summed E-state index contributed by atoms with van der Waals surface area (Å²) < 4.78 is 50.8. The van der Waals surface area contributed by atoms with Crippen molar-refractivity contribution in [2.75, 3.05) is 18.9 Å². The molecular formula is C23H33N7O15P2. The second kappa shape index (κ2) is 14.9. The van der Waals surface area contributed by atoms with Crippen molar-refractivity contribution in [1.82, 2.24) is 24.4 Å². The summed E-state index contributed by atoms with van der Waals surface area (Å²) >= 11 is 0. The molecule has 0 aromatic carbocycles. The number of phosphoric ester groups is 2. The molecule has 24 heteroatoms. The van der Waals surface area contributed by atoms with Crippen LogP contribution in [0.3, 0.4) is 0 Å². The van der Waals surface area contributed by atoms with Gasteiger partial charge in [0.2, 0.25) is 5.91 Å². The number of aliphatic hydroxyl groups excluding tert-OH is 4. The number of fused-ring (bicyclic) bond motifs is 1. The van der Waals surface area contributed by atoms with Gasteiger partial charge in [-0.2, -0.15) is 4.31 Å². The molecular weight excluding hydrogens is 676 g/mol. The van der Waals surface area contributed by atoms with Crippen LogP contribution < -0.4 is 11.5 Å². The van der Waals surface area contributed by atoms with Crippen molar-refractivity contribution in [3.05, 3.63) is 36.7 Å². The molecule has 47 heavy (non-hydrogen) atoms. The summed E-state index contributed by atoms with van der Waals surface area (Å²) in [6.07, 6.45) is -4.13. The molecule has 0 bridgehead atoms. The zero-order chi connectivity index (χ0) is 34.7. The van der Waals surface area contributed by atoms with Gasteiger partial charge in [-0.05, 0) is 13.3 Å². The number of nitrogens with two attached hydrogens (primary N) is 2. The molecule has 0 saturated carbocycles. The Labute approximate surface area is 265 Å². The van der Waals surface area contributed by atoms with E-state index >= 15 is 0 Å². The lowest BCUT2D eigenvalue weighted by molar-refractivity contribution is -0.115. The second-order valence-corrected chi connectivity index (χ2v) is 13.1. The molecule has 0 radical (unpaired) electrons. The summed E-state index contributed by atoms with van der Waals surface area (Å²) in [5, 5.41) is 41.6. The van der Waals surface area contributed by atoms with E-state index in [1.54, 1.807) is 6.08 Å². The summed E-state index contributed by atoms with van der Waals surface area (Å²) in [6.45, 7) is -0.341. The monoisotopic (exact) mass is 709 g/mol. The van der Waals surface area contributed by atoms with Gasteiger partial charge in [-0.15, -0.1) is 0 Å². The lowest BCUT2D eigenvalue weighted by Crippen LogP contribution is -2.40. The van der Waals surface area contributed by atoms with E-state index in [4.69, 9.17) is 34.8 Å². The first-order valence-corrected chi connectivity index (χ1v) is 16.5. The topological polar surface area (TPSA) is 335 Å². The number of imidazole rings is 1. The Hall–Kier alpha value is -3.21. The number of hydrogen-bond acceptors (Lipinski definition) is 18. The van der Waals surface area contributed by atoms with E-state index < -0.39 is 83.8 Å². The van der Waals surface area contributed by atoms with E-state index in [0.29, 0.717) is 0 Å². The molecule has 2 fully saturated rings. The van der Waals surface area contributed by atoms with Gasteiger partial charge in [0.25, 0.3) is 0 Å². The largest absolute Gasteiger partial charge is 0.481 e. The summed E-state index contributed by atoms with van der Waals surface area (Å²) in [5.74, 6) is -0.658. The van der Waals surface area contributed by atoms with Crippen LogP contribution in [0.25, 0.3) is 11.2 Å². The number of aromatic nitrogens is 4. The first-order chi connectivity index (χ1) is 22.1. The highest BCUT2D eigenvalue weighted by Crippen LogP contribution is 2.60. The summed E-state index contributed by atoms with van der Waals surface area (Å²) in [5.41, 5.74) is 11.6. The van der Waals surface area contributed by atoms with Crippen molar-refractivity contribution in [1.29, 1.82) is 0 Å². The molecule has 22 nitrogen and oxygen atoms in total. The fourth-order valence-electron chi connectivity index (χ4n) is 4.68. The third-order valence-electron chi connectivity index (χ3n) is 6.88. The number of carbonyl (C=O) groups is 2. The van der Waals surface area contributed by atoms with Crippen LogP contribution in [0.1, 0.15) is 19.6 Å². The van der Waals surface area contributed by atoms with Gasteiger partial charge in [0.1, 0.15) is 54.8 Å². The fraction of sp³-hybridized carbons (Fsp3) is 0.522. The van der Waals surface area contributed by atoms with Gasteiger partial charge in [0, 0.05) is 18.0 Å². The molecule has 2 aromatic heterocycles. The van der Waals surface area contributed by atoms with Crippen molar-refractivity contribution in [2.24, 2.45) is 5.73 Å². The number of ether oxygens (including phenoxy) is 2. The predicted molar refractivity (Wildman–Crippen MR) is 154 cm³/mol. The Bertz CT molecular complexity index is 1610. The molecule has 10 N–H and O–H groups in total. The Morgan fingerprint density at radius 1 is 1.00 bits per heavy atom. The lowest BCUT2D eigenvalue weighted by Gasteiger charge is -2.28. The molecule has 260 valence electrons.